The summed E-state index contributed by atoms with van der Waals surface area (Å²) >= 11 is 0. The van der Waals surface area contributed by atoms with Gasteiger partial charge in [0.05, 0.1) is 11.4 Å². The highest BCUT2D eigenvalue weighted by Gasteiger charge is 2.16. The lowest BCUT2D eigenvalue weighted by Gasteiger charge is -2.12. The molecule has 1 aromatic heterocycles. The summed E-state index contributed by atoms with van der Waals surface area (Å²) in [6, 6.07) is 11.7. The van der Waals surface area contributed by atoms with Gasteiger partial charge in [-0.2, -0.15) is 5.10 Å². The van der Waals surface area contributed by atoms with E-state index in [0.717, 1.165) is 17.8 Å². The first-order valence-corrected chi connectivity index (χ1v) is 6.54. The number of hydrogen-bond donors (Lipinski definition) is 1. The third-order valence-corrected chi connectivity index (χ3v) is 3.05. The summed E-state index contributed by atoms with van der Waals surface area (Å²) in [6.07, 6.45) is 0.907. The third-order valence-electron chi connectivity index (χ3n) is 3.05. The van der Waals surface area contributed by atoms with Crippen molar-refractivity contribution < 1.29 is 4.79 Å². The summed E-state index contributed by atoms with van der Waals surface area (Å²) in [6.45, 7) is 5.93. The molecule has 1 aromatic carbocycles. The van der Waals surface area contributed by atoms with E-state index >= 15 is 0 Å². The molecule has 1 amide bonds. The number of nitrogens with zero attached hydrogens (tertiary/aromatic N) is 2. The maximum absolute atomic E-state index is 12.2. The van der Waals surface area contributed by atoms with Crippen LogP contribution in [0.1, 0.15) is 36.5 Å². The van der Waals surface area contributed by atoms with E-state index in [4.69, 9.17) is 0 Å². The number of nitrogens with one attached hydrogen (secondary N) is 1. The van der Waals surface area contributed by atoms with Crippen molar-refractivity contribution in [3.05, 3.63) is 47.8 Å². The lowest BCUT2D eigenvalue weighted by atomic mass is 10.2. The molecule has 0 spiro atoms. The summed E-state index contributed by atoms with van der Waals surface area (Å²) < 4.78 is 1.69. The zero-order valence-corrected chi connectivity index (χ0v) is 11.6. The van der Waals surface area contributed by atoms with Gasteiger partial charge in [0.15, 0.2) is 0 Å². The number of rotatable bonds is 4. The van der Waals surface area contributed by atoms with Gasteiger partial charge < -0.3 is 5.32 Å². The largest absolute Gasteiger partial charge is 0.348 e. The molecule has 0 aliphatic heterocycles. The van der Waals surface area contributed by atoms with Crippen LogP contribution >= 0.6 is 0 Å². The summed E-state index contributed by atoms with van der Waals surface area (Å²) in [5.74, 6) is -0.0844. The van der Waals surface area contributed by atoms with Gasteiger partial charge in [-0.3, -0.25) is 4.79 Å². The molecule has 1 heterocycles. The van der Waals surface area contributed by atoms with Crippen molar-refractivity contribution in [1.29, 1.82) is 0 Å². The number of hydrogen-bond acceptors (Lipinski definition) is 2. The lowest BCUT2D eigenvalue weighted by molar-refractivity contribution is 0.0931. The zero-order valence-electron chi connectivity index (χ0n) is 11.6. The molecule has 0 fully saturated rings. The van der Waals surface area contributed by atoms with E-state index in [0.29, 0.717) is 5.69 Å². The Morgan fingerprint density at radius 1 is 1.37 bits per heavy atom. The summed E-state index contributed by atoms with van der Waals surface area (Å²) in [7, 11) is 0. The van der Waals surface area contributed by atoms with Crippen LogP contribution in [-0.4, -0.2) is 21.7 Å². The normalized spacial score (nSPS) is 12.2. The Morgan fingerprint density at radius 2 is 2.05 bits per heavy atom. The maximum atomic E-state index is 12.2. The minimum absolute atomic E-state index is 0.0844. The Morgan fingerprint density at radius 3 is 2.68 bits per heavy atom. The van der Waals surface area contributed by atoms with Crippen LogP contribution in [-0.2, 0) is 0 Å². The monoisotopic (exact) mass is 257 g/mol. The predicted octanol–water partition coefficient (Wildman–Crippen LogP) is 2.71. The van der Waals surface area contributed by atoms with Crippen LogP contribution in [0.25, 0.3) is 5.69 Å². The SMILES string of the molecule is CCC(C)NC(=O)c1cc(C)nn1-c1ccccc1. The van der Waals surface area contributed by atoms with Gasteiger partial charge in [0.25, 0.3) is 5.91 Å². The summed E-state index contributed by atoms with van der Waals surface area (Å²) in [4.78, 5) is 12.2. The molecule has 0 saturated heterocycles. The Labute approximate surface area is 113 Å². The Kier molecular flexibility index (Phi) is 4.00. The molecular formula is C15H19N3O. The molecule has 100 valence electrons. The van der Waals surface area contributed by atoms with Crippen molar-refractivity contribution in [3.63, 3.8) is 0 Å². The molecule has 1 N–H and O–H groups in total. The number of para-hydroxylation sites is 1. The second kappa shape index (κ2) is 5.69. The number of amides is 1. The standard InChI is InChI=1S/C15H19N3O/c1-4-11(2)16-15(19)14-10-12(3)17-18(14)13-8-6-5-7-9-13/h5-11H,4H2,1-3H3,(H,16,19). The van der Waals surface area contributed by atoms with E-state index in [1.807, 2.05) is 57.2 Å². The first kappa shape index (κ1) is 13.3. The van der Waals surface area contributed by atoms with Crippen LogP contribution in [0.3, 0.4) is 0 Å². The van der Waals surface area contributed by atoms with Gasteiger partial charge >= 0.3 is 0 Å². The Balaban J connectivity index is 2.34. The van der Waals surface area contributed by atoms with E-state index < -0.39 is 0 Å². The fraction of sp³-hybridized carbons (Fsp3) is 0.333. The van der Waals surface area contributed by atoms with Gasteiger partial charge in [-0.05, 0) is 38.5 Å². The number of aryl methyl sites for hydroxylation is 1. The van der Waals surface area contributed by atoms with Crippen molar-refractivity contribution in [2.24, 2.45) is 0 Å². The van der Waals surface area contributed by atoms with Gasteiger partial charge in [-0.1, -0.05) is 25.1 Å². The minimum atomic E-state index is -0.0844. The topological polar surface area (TPSA) is 46.9 Å². The first-order valence-electron chi connectivity index (χ1n) is 6.54. The number of benzene rings is 1. The molecule has 2 rings (SSSR count). The fourth-order valence-corrected chi connectivity index (χ4v) is 1.83. The van der Waals surface area contributed by atoms with E-state index in [-0.39, 0.29) is 11.9 Å². The third kappa shape index (κ3) is 3.02. The van der Waals surface area contributed by atoms with Crippen molar-refractivity contribution in [1.82, 2.24) is 15.1 Å². The Bertz CT molecular complexity index is 560. The lowest BCUT2D eigenvalue weighted by Crippen LogP contribution is -2.33. The van der Waals surface area contributed by atoms with Crippen LogP contribution < -0.4 is 5.32 Å². The molecule has 2 aromatic rings. The molecule has 0 saturated carbocycles. The quantitative estimate of drug-likeness (QED) is 0.915. The van der Waals surface area contributed by atoms with Crippen molar-refractivity contribution in [2.45, 2.75) is 33.2 Å². The van der Waals surface area contributed by atoms with Gasteiger partial charge in [-0.25, -0.2) is 4.68 Å². The number of carbonyl (C=O) groups is 1. The van der Waals surface area contributed by atoms with E-state index in [1.165, 1.54) is 0 Å². The first-order chi connectivity index (χ1) is 9.11. The van der Waals surface area contributed by atoms with Gasteiger partial charge in [0, 0.05) is 6.04 Å². The maximum Gasteiger partial charge on any atom is 0.270 e. The fourth-order valence-electron chi connectivity index (χ4n) is 1.83. The van der Waals surface area contributed by atoms with Crippen LogP contribution in [0.15, 0.2) is 36.4 Å². The van der Waals surface area contributed by atoms with Crippen LogP contribution in [0, 0.1) is 6.92 Å². The van der Waals surface area contributed by atoms with Gasteiger partial charge in [0.1, 0.15) is 5.69 Å². The number of carbonyl (C=O) groups excluding carboxylic acids is 1. The molecule has 0 aliphatic carbocycles. The highest BCUT2D eigenvalue weighted by Crippen LogP contribution is 2.12. The van der Waals surface area contributed by atoms with Crippen LogP contribution in [0.5, 0.6) is 0 Å². The van der Waals surface area contributed by atoms with E-state index in [2.05, 4.69) is 10.4 Å². The Hall–Kier alpha value is -2.10. The molecule has 4 heteroatoms. The zero-order chi connectivity index (χ0) is 13.8. The second-order valence-electron chi connectivity index (χ2n) is 4.70. The molecule has 0 aliphatic rings. The summed E-state index contributed by atoms with van der Waals surface area (Å²) in [5.41, 5.74) is 2.30. The van der Waals surface area contributed by atoms with Gasteiger partial charge in [-0.15, -0.1) is 0 Å². The molecular weight excluding hydrogens is 238 g/mol. The highest BCUT2D eigenvalue weighted by atomic mass is 16.2. The van der Waals surface area contributed by atoms with Crippen molar-refractivity contribution in [2.75, 3.05) is 0 Å². The molecule has 1 atom stereocenters. The van der Waals surface area contributed by atoms with E-state index in [1.54, 1.807) is 4.68 Å². The average Bonchev–Trinajstić information content (AvgIpc) is 2.82. The van der Waals surface area contributed by atoms with Crippen molar-refractivity contribution >= 4 is 5.91 Å². The predicted molar refractivity (Wildman–Crippen MR) is 75.5 cm³/mol. The van der Waals surface area contributed by atoms with Gasteiger partial charge in [0.2, 0.25) is 0 Å². The second-order valence-corrected chi connectivity index (χ2v) is 4.70. The molecule has 0 radical (unpaired) electrons. The molecule has 4 nitrogen and oxygen atoms in total. The smallest absolute Gasteiger partial charge is 0.270 e. The average molecular weight is 257 g/mol. The van der Waals surface area contributed by atoms with Crippen molar-refractivity contribution in [3.8, 4) is 5.69 Å². The molecule has 0 bridgehead atoms. The molecule has 19 heavy (non-hydrogen) atoms. The summed E-state index contributed by atoms with van der Waals surface area (Å²) in [5, 5.41) is 7.36. The van der Waals surface area contributed by atoms with E-state index in [9.17, 15) is 4.79 Å². The minimum Gasteiger partial charge on any atom is -0.348 e. The van der Waals surface area contributed by atoms with Crippen LogP contribution in [0.2, 0.25) is 0 Å². The van der Waals surface area contributed by atoms with Crippen LogP contribution in [0.4, 0.5) is 0 Å². The number of aromatic nitrogens is 2. The highest BCUT2D eigenvalue weighted by molar-refractivity contribution is 5.93. The molecule has 1 unspecified atom stereocenters.